The van der Waals surface area contributed by atoms with E-state index in [1.807, 2.05) is 43.3 Å². The number of methoxy groups -OCH3 is 1. The highest BCUT2D eigenvalue weighted by atomic mass is 16.5. The van der Waals surface area contributed by atoms with Crippen molar-refractivity contribution >= 4 is 34.3 Å². The van der Waals surface area contributed by atoms with Gasteiger partial charge in [-0.1, -0.05) is 43.5 Å². The highest BCUT2D eigenvalue weighted by Crippen LogP contribution is 2.36. The number of carbonyl (C=O) groups excluding carboxylic acids is 1. The number of nitrogens with zero attached hydrogens (tertiary/aromatic N) is 1. The molecule has 9 heteroatoms. The average Bonchev–Trinajstić information content (AvgIpc) is 2.85. The summed E-state index contributed by atoms with van der Waals surface area (Å²) >= 11 is 0. The van der Waals surface area contributed by atoms with E-state index < -0.39 is 11.9 Å². The maximum atomic E-state index is 12.9. The molecule has 2 aromatic carbocycles. The lowest BCUT2D eigenvalue weighted by Crippen LogP contribution is -2.38. The summed E-state index contributed by atoms with van der Waals surface area (Å²) in [5.41, 5.74) is 1.59. The van der Waals surface area contributed by atoms with Gasteiger partial charge in [-0.15, -0.1) is 0 Å². The number of fused-ring (bicyclic) bond motifs is 1. The predicted molar refractivity (Wildman–Crippen MR) is 136 cm³/mol. The lowest BCUT2D eigenvalue weighted by atomic mass is 9.95. The zero-order chi connectivity index (χ0) is 25.8. The van der Waals surface area contributed by atoms with E-state index in [1.54, 1.807) is 7.11 Å². The first-order valence-electron chi connectivity index (χ1n) is 11.7. The molecule has 4 N–H and O–H groups in total. The van der Waals surface area contributed by atoms with Crippen LogP contribution in [0.2, 0.25) is 0 Å². The molecule has 35 heavy (non-hydrogen) atoms. The largest absolute Gasteiger partial charge is 0.495 e. The molecular formula is C26H35N3O6. The maximum Gasteiger partial charge on any atom is 0.328 e. The Morgan fingerprint density at radius 3 is 2.14 bits per heavy atom. The third kappa shape index (κ3) is 8.60. The van der Waals surface area contributed by atoms with Gasteiger partial charge in [-0.05, 0) is 18.9 Å². The van der Waals surface area contributed by atoms with Gasteiger partial charge in [0.05, 0.1) is 12.7 Å². The number of hydrogen-bond acceptors (Lipinski definition) is 6. The first-order valence-corrected chi connectivity index (χ1v) is 11.7. The molecule has 0 atom stereocenters. The number of anilines is 1. The third-order valence-corrected chi connectivity index (χ3v) is 5.72. The summed E-state index contributed by atoms with van der Waals surface area (Å²) < 4.78 is 5.62. The summed E-state index contributed by atoms with van der Waals surface area (Å²) in [4.78, 5) is 34.0. The van der Waals surface area contributed by atoms with Gasteiger partial charge in [-0.25, -0.2) is 9.59 Å². The highest BCUT2D eigenvalue weighted by Gasteiger charge is 2.19. The van der Waals surface area contributed by atoms with E-state index in [0.29, 0.717) is 36.1 Å². The summed E-state index contributed by atoms with van der Waals surface area (Å²) in [7, 11) is 5.60. The predicted octanol–water partition coefficient (Wildman–Crippen LogP) is 3.28. The molecule has 0 radical (unpaired) electrons. The third-order valence-electron chi connectivity index (χ3n) is 5.72. The van der Waals surface area contributed by atoms with E-state index in [1.165, 1.54) is 32.1 Å². The van der Waals surface area contributed by atoms with E-state index in [9.17, 15) is 14.4 Å². The van der Waals surface area contributed by atoms with Gasteiger partial charge in [0.15, 0.2) is 0 Å². The molecule has 0 aliphatic heterocycles. The standard InChI is InChI=1S/C22H31N3O2.C4H4O4/c1-25(2)20-15-19(21(27-3)18-12-8-7-11-17(18)20)22(26)24-14-13-23-16-9-5-4-6-10-16;5-3(6)1-2-4(7)8/h7-8,11-12,15-16,23H,4-6,9-10,13-14H2,1-3H3,(H,24,26);1-2H,(H,5,6)(H,7,8)/b;2-1-. The van der Waals surface area contributed by atoms with Crippen LogP contribution in [0.1, 0.15) is 42.5 Å². The van der Waals surface area contributed by atoms with Crippen LogP contribution in [0.3, 0.4) is 0 Å². The summed E-state index contributed by atoms with van der Waals surface area (Å²) in [5, 5.41) is 24.3. The van der Waals surface area contributed by atoms with Crippen molar-refractivity contribution in [1.29, 1.82) is 0 Å². The molecule has 1 saturated carbocycles. The SMILES string of the molecule is COc1c(C(=O)NCCNC2CCCCC2)cc(N(C)C)c2ccccc12.O=C(O)/C=C\C(=O)O. The van der Waals surface area contributed by atoms with Crippen LogP contribution in [0.25, 0.3) is 10.8 Å². The van der Waals surface area contributed by atoms with Crippen LogP contribution in [0.15, 0.2) is 42.5 Å². The number of carboxylic acid groups (broad SMARTS) is 2. The molecule has 0 aromatic heterocycles. The van der Waals surface area contributed by atoms with Gasteiger partial charge in [0.2, 0.25) is 0 Å². The van der Waals surface area contributed by atoms with Crippen molar-refractivity contribution < 1.29 is 29.3 Å². The number of aliphatic carboxylic acids is 2. The minimum Gasteiger partial charge on any atom is -0.495 e. The zero-order valence-corrected chi connectivity index (χ0v) is 20.5. The average molecular weight is 486 g/mol. The fourth-order valence-electron chi connectivity index (χ4n) is 4.08. The van der Waals surface area contributed by atoms with E-state index in [4.69, 9.17) is 14.9 Å². The second-order valence-corrected chi connectivity index (χ2v) is 8.47. The molecule has 3 rings (SSSR count). The first kappa shape index (κ1) is 27.7. The zero-order valence-electron chi connectivity index (χ0n) is 20.5. The molecule has 0 heterocycles. The summed E-state index contributed by atoms with van der Waals surface area (Å²) in [6, 6.07) is 10.6. The Bertz CT molecular complexity index is 1030. The van der Waals surface area contributed by atoms with Gasteiger partial charge in [-0.3, -0.25) is 4.79 Å². The summed E-state index contributed by atoms with van der Waals surface area (Å²) in [6.45, 7) is 1.41. The lowest BCUT2D eigenvalue weighted by molar-refractivity contribution is -0.134. The minimum absolute atomic E-state index is 0.0915. The number of benzene rings is 2. The van der Waals surface area contributed by atoms with Crippen molar-refractivity contribution in [3.63, 3.8) is 0 Å². The van der Waals surface area contributed by atoms with Crippen molar-refractivity contribution in [2.75, 3.05) is 39.2 Å². The minimum atomic E-state index is -1.26. The number of carboxylic acids is 2. The molecular weight excluding hydrogens is 450 g/mol. The van der Waals surface area contributed by atoms with Gasteiger partial charge in [0, 0.05) is 61.8 Å². The fourth-order valence-corrected chi connectivity index (χ4v) is 4.08. The first-order chi connectivity index (χ1) is 16.7. The van der Waals surface area contributed by atoms with Crippen molar-refractivity contribution in [3.05, 3.63) is 48.0 Å². The number of amides is 1. The van der Waals surface area contributed by atoms with Crippen LogP contribution in [0.5, 0.6) is 5.75 Å². The normalized spacial score (nSPS) is 13.7. The highest BCUT2D eigenvalue weighted by molar-refractivity contribution is 6.08. The monoisotopic (exact) mass is 485 g/mol. The molecule has 1 amide bonds. The summed E-state index contributed by atoms with van der Waals surface area (Å²) in [6.07, 6.45) is 7.59. The van der Waals surface area contributed by atoms with Crippen LogP contribution in [-0.2, 0) is 9.59 Å². The van der Waals surface area contributed by atoms with Gasteiger partial charge in [-0.2, -0.15) is 0 Å². The van der Waals surface area contributed by atoms with Gasteiger partial charge in [0.1, 0.15) is 5.75 Å². The van der Waals surface area contributed by atoms with Crippen LogP contribution in [0, 0.1) is 0 Å². The van der Waals surface area contributed by atoms with Crippen LogP contribution >= 0.6 is 0 Å². The lowest BCUT2D eigenvalue weighted by Gasteiger charge is -2.23. The molecule has 2 aromatic rings. The summed E-state index contributed by atoms with van der Waals surface area (Å²) in [5.74, 6) is -1.97. The number of rotatable bonds is 9. The molecule has 1 fully saturated rings. The fraction of sp³-hybridized carbons (Fsp3) is 0.423. The number of nitrogens with one attached hydrogen (secondary N) is 2. The van der Waals surface area contributed by atoms with Crippen molar-refractivity contribution in [3.8, 4) is 5.75 Å². The molecule has 0 spiro atoms. The van der Waals surface area contributed by atoms with E-state index in [0.717, 1.165) is 23.0 Å². The molecule has 9 nitrogen and oxygen atoms in total. The Kier molecular flexibility index (Phi) is 11.0. The number of ether oxygens (including phenoxy) is 1. The molecule has 0 bridgehead atoms. The Morgan fingerprint density at radius 2 is 1.60 bits per heavy atom. The molecule has 0 saturated heterocycles. The van der Waals surface area contributed by atoms with Crippen LogP contribution in [-0.4, -0.2) is 68.4 Å². The molecule has 190 valence electrons. The van der Waals surface area contributed by atoms with Gasteiger partial charge >= 0.3 is 11.9 Å². The Balaban J connectivity index is 0.000000466. The Hall–Kier alpha value is -3.59. The molecule has 1 aliphatic rings. The Labute approximate surface area is 205 Å². The van der Waals surface area contributed by atoms with Gasteiger partial charge in [0.25, 0.3) is 5.91 Å². The number of hydrogen-bond donors (Lipinski definition) is 4. The molecule has 1 aliphatic carbocycles. The molecule has 0 unspecified atom stereocenters. The van der Waals surface area contributed by atoms with Crippen molar-refractivity contribution in [2.45, 2.75) is 38.1 Å². The topological polar surface area (TPSA) is 128 Å². The Morgan fingerprint density at radius 1 is 1.00 bits per heavy atom. The number of carbonyl (C=O) groups is 3. The van der Waals surface area contributed by atoms with Crippen LogP contribution in [0.4, 0.5) is 5.69 Å². The second-order valence-electron chi connectivity index (χ2n) is 8.47. The van der Waals surface area contributed by atoms with Crippen molar-refractivity contribution in [1.82, 2.24) is 10.6 Å². The van der Waals surface area contributed by atoms with E-state index in [-0.39, 0.29) is 5.91 Å². The maximum absolute atomic E-state index is 12.9. The van der Waals surface area contributed by atoms with Gasteiger partial charge < -0.3 is 30.5 Å². The quantitative estimate of drug-likeness (QED) is 0.315. The van der Waals surface area contributed by atoms with E-state index >= 15 is 0 Å². The smallest absolute Gasteiger partial charge is 0.328 e. The van der Waals surface area contributed by atoms with Crippen LogP contribution < -0.4 is 20.3 Å². The second kappa shape index (κ2) is 14.0. The van der Waals surface area contributed by atoms with Crippen molar-refractivity contribution in [2.24, 2.45) is 0 Å². The van der Waals surface area contributed by atoms with E-state index in [2.05, 4.69) is 16.7 Å².